The summed E-state index contributed by atoms with van der Waals surface area (Å²) in [6.45, 7) is 4.09. The summed E-state index contributed by atoms with van der Waals surface area (Å²) in [6, 6.07) is 7.27. The van der Waals surface area contributed by atoms with Gasteiger partial charge in [0, 0.05) is 12.5 Å². The van der Waals surface area contributed by atoms with Crippen LogP contribution in [-0.4, -0.2) is 13.2 Å². The molecular formula is C16H23NO. The number of benzene rings is 1. The Hall–Kier alpha value is -1.02. The Balaban J connectivity index is 1.71. The molecule has 0 radical (unpaired) electrons. The molecule has 1 aliphatic heterocycles. The Morgan fingerprint density at radius 3 is 3.06 bits per heavy atom. The summed E-state index contributed by atoms with van der Waals surface area (Å²) in [7, 11) is 0. The van der Waals surface area contributed by atoms with E-state index in [1.165, 1.54) is 36.8 Å². The zero-order valence-corrected chi connectivity index (χ0v) is 11.2. The molecule has 0 aromatic heterocycles. The van der Waals surface area contributed by atoms with Crippen molar-refractivity contribution in [2.24, 2.45) is 5.92 Å². The molecule has 18 heavy (non-hydrogen) atoms. The van der Waals surface area contributed by atoms with Crippen LogP contribution in [0.3, 0.4) is 0 Å². The van der Waals surface area contributed by atoms with Crippen LogP contribution in [0.2, 0.25) is 0 Å². The first kappa shape index (κ1) is 12.0. The van der Waals surface area contributed by atoms with Crippen LogP contribution < -0.4 is 10.1 Å². The zero-order chi connectivity index (χ0) is 12.4. The van der Waals surface area contributed by atoms with Gasteiger partial charge < -0.3 is 10.1 Å². The first-order valence-electron chi connectivity index (χ1n) is 7.36. The Kier molecular flexibility index (Phi) is 3.55. The molecule has 1 fully saturated rings. The van der Waals surface area contributed by atoms with Crippen LogP contribution in [0.15, 0.2) is 18.2 Å². The molecule has 1 unspecified atom stereocenters. The first-order valence-corrected chi connectivity index (χ1v) is 7.36. The maximum atomic E-state index is 5.58. The van der Waals surface area contributed by atoms with Crippen molar-refractivity contribution < 1.29 is 4.74 Å². The van der Waals surface area contributed by atoms with E-state index in [1.807, 2.05) is 0 Å². The predicted octanol–water partition coefficient (Wildman–Crippen LogP) is 3.46. The second kappa shape index (κ2) is 5.31. The highest BCUT2D eigenvalue weighted by Crippen LogP contribution is 2.36. The molecule has 1 saturated carbocycles. The zero-order valence-electron chi connectivity index (χ0n) is 11.2. The molecule has 1 heterocycles. The molecule has 1 aromatic rings. The lowest BCUT2D eigenvalue weighted by atomic mass is 9.98. The number of fused-ring (bicyclic) bond motifs is 1. The third-order valence-corrected chi connectivity index (χ3v) is 4.13. The van der Waals surface area contributed by atoms with Crippen LogP contribution in [0, 0.1) is 5.92 Å². The molecule has 3 rings (SSSR count). The third kappa shape index (κ3) is 2.69. The van der Waals surface area contributed by atoms with Crippen LogP contribution >= 0.6 is 0 Å². The number of ether oxygens (including phenoxy) is 1. The van der Waals surface area contributed by atoms with E-state index in [2.05, 4.69) is 30.4 Å². The van der Waals surface area contributed by atoms with E-state index in [-0.39, 0.29) is 0 Å². The lowest BCUT2D eigenvalue weighted by molar-refractivity contribution is 0.356. The molecule has 2 aliphatic rings. The second-order valence-corrected chi connectivity index (χ2v) is 5.60. The quantitative estimate of drug-likeness (QED) is 0.828. The molecule has 1 atom stereocenters. The van der Waals surface area contributed by atoms with Crippen LogP contribution in [0.5, 0.6) is 5.75 Å². The highest BCUT2D eigenvalue weighted by atomic mass is 16.5. The fraction of sp³-hybridized carbons (Fsp3) is 0.625. The summed E-state index contributed by atoms with van der Waals surface area (Å²) in [5, 5.41) is 3.63. The van der Waals surface area contributed by atoms with E-state index in [4.69, 9.17) is 4.74 Å². The van der Waals surface area contributed by atoms with Crippen LogP contribution in [-0.2, 0) is 6.42 Å². The predicted molar refractivity (Wildman–Crippen MR) is 74.0 cm³/mol. The summed E-state index contributed by atoms with van der Waals surface area (Å²) in [5.41, 5.74) is 2.84. The molecule has 1 aromatic carbocycles. The fourth-order valence-electron chi connectivity index (χ4n) is 2.87. The Labute approximate surface area is 110 Å². The van der Waals surface area contributed by atoms with Gasteiger partial charge in [0.05, 0.1) is 6.61 Å². The molecule has 2 heteroatoms. The Bertz CT molecular complexity index is 412. The highest BCUT2D eigenvalue weighted by Gasteiger charge is 2.23. The van der Waals surface area contributed by atoms with E-state index < -0.39 is 0 Å². The molecular weight excluding hydrogens is 222 g/mol. The molecule has 0 spiro atoms. The van der Waals surface area contributed by atoms with E-state index in [0.717, 1.165) is 31.2 Å². The van der Waals surface area contributed by atoms with Crippen LogP contribution in [0.1, 0.15) is 49.8 Å². The van der Waals surface area contributed by atoms with Gasteiger partial charge in [0.1, 0.15) is 5.75 Å². The van der Waals surface area contributed by atoms with Crippen molar-refractivity contribution in [3.8, 4) is 5.75 Å². The van der Waals surface area contributed by atoms with Gasteiger partial charge in [-0.15, -0.1) is 0 Å². The van der Waals surface area contributed by atoms with Crippen molar-refractivity contribution in [3.05, 3.63) is 29.3 Å². The topological polar surface area (TPSA) is 21.3 Å². The summed E-state index contributed by atoms with van der Waals surface area (Å²) >= 11 is 0. The van der Waals surface area contributed by atoms with Gasteiger partial charge in [0.15, 0.2) is 0 Å². The Morgan fingerprint density at radius 1 is 1.39 bits per heavy atom. The Morgan fingerprint density at radius 2 is 2.28 bits per heavy atom. The summed E-state index contributed by atoms with van der Waals surface area (Å²) in [4.78, 5) is 0. The van der Waals surface area contributed by atoms with Crippen LogP contribution in [0.4, 0.5) is 0 Å². The number of nitrogens with one attached hydrogen (secondary N) is 1. The smallest absolute Gasteiger partial charge is 0.122 e. The monoisotopic (exact) mass is 245 g/mol. The van der Waals surface area contributed by atoms with Crippen molar-refractivity contribution in [1.29, 1.82) is 0 Å². The van der Waals surface area contributed by atoms with E-state index >= 15 is 0 Å². The normalized spacial score (nSPS) is 19.4. The van der Waals surface area contributed by atoms with E-state index in [9.17, 15) is 0 Å². The van der Waals surface area contributed by atoms with Crippen molar-refractivity contribution in [1.82, 2.24) is 5.32 Å². The summed E-state index contributed by atoms with van der Waals surface area (Å²) < 4.78 is 5.58. The average Bonchev–Trinajstić information content (AvgIpc) is 3.10. The fourth-order valence-corrected chi connectivity index (χ4v) is 2.87. The largest absolute Gasteiger partial charge is 0.493 e. The maximum Gasteiger partial charge on any atom is 0.122 e. The van der Waals surface area contributed by atoms with Gasteiger partial charge in [0.2, 0.25) is 0 Å². The van der Waals surface area contributed by atoms with E-state index in [1.54, 1.807) is 0 Å². The number of hydrogen-bond acceptors (Lipinski definition) is 2. The molecule has 98 valence electrons. The molecule has 0 amide bonds. The highest BCUT2D eigenvalue weighted by molar-refractivity contribution is 5.40. The van der Waals surface area contributed by atoms with Gasteiger partial charge in [-0.3, -0.25) is 0 Å². The van der Waals surface area contributed by atoms with Crippen molar-refractivity contribution in [2.75, 3.05) is 13.2 Å². The van der Waals surface area contributed by atoms with Gasteiger partial charge >= 0.3 is 0 Å². The van der Waals surface area contributed by atoms with Gasteiger partial charge in [-0.05, 0) is 42.5 Å². The van der Waals surface area contributed by atoms with Gasteiger partial charge in [0.25, 0.3) is 0 Å². The van der Waals surface area contributed by atoms with E-state index in [0.29, 0.717) is 6.04 Å². The van der Waals surface area contributed by atoms with Gasteiger partial charge in [-0.25, -0.2) is 0 Å². The summed E-state index contributed by atoms with van der Waals surface area (Å²) in [5.74, 6) is 2.11. The first-order chi connectivity index (χ1) is 8.86. The summed E-state index contributed by atoms with van der Waals surface area (Å²) in [6.07, 6.45) is 6.64. The number of rotatable bonds is 6. The lowest BCUT2D eigenvalue weighted by Gasteiger charge is -2.19. The third-order valence-electron chi connectivity index (χ3n) is 4.13. The molecule has 1 N–H and O–H groups in total. The lowest BCUT2D eigenvalue weighted by Crippen LogP contribution is -2.21. The molecule has 1 aliphatic carbocycles. The van der Waals surface area contributed by atoms with Crippen molar-refractivity contribution in [3.63, 3.8) is 0 Å². The minimum atomic E-state index is 0.529. The van der Waals surface area contributed by atoms with Crippen molar-refractivity contribution >= 4 is 0 Å². The minimum absolute atomic E-state index is 0.529. The van der Waals surface area contributed by atoms with Gasteiger partial charge in [-0.2, -0.15) is 0 Å². The van der Waals surface area contributed by atoms with Crippen molar-refractivity contribution in [2.45, 2.75) is 45.1 Å². The maximum absolute atomic E-state index is 5.58. The SMILES string of the molecule is CCNC(CCC1CC1)c1ccc2c(c1)CCO2. The minimum Gasteiger partial charge on any atom is -0.493 e. The van der Waals surface area contributed by atoms with Crippen LogP contribution in [0.25, 0.3) is 0 Å². The molecule has 0 bridgehead atoms. The number of hydrogen-bond donors (Lipinski definition) is 1. The molecule has 2 nitrogen and oxygen atoms in total. The molecule has 0 saturated heterocycles. The second-order valence-electron chi connectivity index (χ2n) is 5.60. The standard InChI is InChI=1S/C16H23NO/c1-2-17-15(7-5-12-3-4-12)13-6-8-16-14(11-13)9-10-18-16/h6,8,11-12,15,17H,2-5,7,9-10H2,1H3. The van der Waals surface area contributed by atoms with Gasteiger partial charge in [-0.1, -0.05) is 31.9 Å². The average molecular weight is 245 g/mol.